The lowest BCUT2D eigenvalue weighted by Gasteiger charge is -1.99. The van der Waals surface area contributed by atoms with E-state index in [1.54, 1.807) is 31.4 Å². The lowest BCUT2D eigenvalue weighted by molar-refractivity contribution is 0.185. The maximum absolute atomic E-state index is 10.6. The van der Waals surface area contributed by atoms with Gasteiger partial charge in [0.25, 0.3) is 0 Å². The van der Waals surface area contributed by atoms with Crippen molar-refractivity contribution >= 4 is 13.3 Å². The molecule has 1 rings (SSSR count). The highest BCUT2D eigenvalue weighted by Crippen LogP contribution is 2.12. The molecule has 0 amide bonds. The van der Waals surface area contributed by atoms with Crippen molar-refractivity contribution < 1.29 is 14.2 Å². The predicted molar refractivity (Wildman–Crippen MR) is 48.0 cm³/mol. The molecule has 0 aliphatic rings. The van der Waals surface area contributed by atoms with Gasteiger partial charge >= 0.3 is 0 Å². The Hall–Kier alpha value is -0.630. The lowest BCUT2D eigenvalue weighted by Crippen LogP contribution is -1.96. The maximum Gasteiger partial charge on any atom is 0.218 e. The van der Waals surface area contributed by atoms with Crippen LogP contribution >= 0.6 is 8.03 Å². The largest absolute Gasteiger partial charge is 0.380 e. The molecule has 0 aliphatic heterocycles. The van der Waals surface area contributed by atoms with Crippen molar-refractivity contribution in [2.24, 2.45) is 0 Å². The van der Waals surface area contributed by atoms with Crippen LogP contribution in [0.3, 0.4) is 0 Å². The highest BCUT2D eigenvalue weighted by molar-refractivity contribution is 7.47. The molecule has 0 saturated heterocycles. The first-order valence-corrected chi connectivity index (χ1v) is 4.91. The van der Waals surface area contributed by atoms with E-state index in [1.165, 1.54) is 0 Å². The molecule has 0 aliphatic carbocycles. The van der Waals surface area contributed by atoms with Crippen LogP contribution in [0.2, 0.25) is 0 Å². The van der Waals surface area contributed by atoms with E-state index < -0.39 is 8.03 Å². The number of ether oxygens (including phenoxy) is 1. The van der Waals surface area contributed by atoms with Crippen LogP contribution in [-0.2, 0) is 15.9 Å². The molecular weight excluding hydrogens is 175 g/mol. The fourth-order valence-corrected chi connectivity index (χ4v) is 1.36. The minimum absolute atomic E-state index is 0.486. The first-order chi connectivity index (χ1) is 5.74. The van der Waals surface area contributed by atoms with E-state index in [0.29, 0.717) is 11.9 Å². The summed E-state index contributed by atoms with van der Waals surface area (Å²) in [6.45, 7) is 0.534. The third-order valence-corrected chi connectivity index (χ3v) is 2.34. The zero-order valence-corrected chi connectivity index (χ0v) is 7.78. The zero-order chi connectivity index (χ0) is 8.97. The third-order valence-electron chi connectivity index (χ3n) is 1.51. The fraction of sp³-hybridized carbons (Fsp3) is 0.250. The van der Waals surface area contributed by atoms with Gasteiger partial charge in [-0.05, 0) is 17.7 Å². The van der Waals surface area contributed by atoms with Crippen LogP contribution in [0.15, 0.2) is 24.3 Å². The molecule has 0 bridgehead atoms. The van der Waals surface area contributed by atoms with Gasteiger partial charge in [-0.1, -0.05) is 12.1 Å². The number of hydrogen-bond donors (Lipinski definition) is 1. The Labute approximate surface area is 71.9 Å². The molecule has 12 heavy (non-hydrogen) atoms. The van der Waals surface area contributed by atoms with Crippen molar-refractivity contribution in [2.75, 3.05) is 7.11 Å². The quantitative estimate of drug-likeness (QED) is 0.714. The van der Waals surface area contributed by atoms with Gasteiger partial charge in [-0.2, -0.15) is 0 Å². The van der Waals surface area contributed by atoms with Crippen LogP contribution in [0.4, 0.5) is 0 Å². The van der Waals surface area contributed by atoms with Gasteiger partial charge < -0.3 is 9.63 Å². The van der Waals surface area contributed by atoms with Crippen LogP contribution in [0.25, 0.3) is 0 Å². The Bertz CT molecular complexity index is 268. The molecule has 0 fully saturated rings. The van der Waals surface area contributed by atoms with Gasteiger partial charge in [0.1, 0.15) is 0 Å². The van der Waals surface area contributed by atoms with Crippen molar-refractivity contribution in [3.8, 4) is 0 Å². The van der Waals surface area contributed by atoms with E-state index in [9.17, 15) is 4.57 Å². The lowest BCUT2D eigenvalue weighted by atomic mass is 10.2. The third kappa shape index (κ3) is 2.45. The van der Waals surface area contributed by atoms with Gasteiger partial charge in [0, 0.05) is 12.4 Å². The Morgan fingerprint density at radius 3 is 2.42 bits per heavy atom. The molecule has 0 heterocycles. The Morgan fingerprint density at radius 1 is 1.42 bits per heavy atom. The normalized spacial score (nSPS) is 12.8. The summed E-state index contributed by atoms with van der Waals surface area (Å²) in [6, 6.07) is 6.88. The molecule has 1 atom stereocenters. The van der Waals surface area contributed by atoms with Crippen LogP contribution < -0.4 is 5.30 Å². The van der Waals surface area contributed by atoms with E-state index in [4.69, 9.17) is 9.63 Å². The smallest absolute Gasteiger partial charge is 0.218 e. The molecule has 1 aromatic carbocycles. The van der Waals surface area contributed by atoms with E-state index >= 15 is 0 Å². The number of rotatable bonds is 3. The predicted octanol–water partition coefficient (Wildman–Crippen LogP) is 0.925. The first kappa shape index (κ1) is 9.46. The van der Waals surface area contributed by atoms with Gasteiger partial charge in [-0.25, -0.2) is 0 Å². The highest BCUT2D eigenvalue weighted by Gasteiger charge is 1.97. The summed E-state index contributed by atoms with van der Waals surface area (Å²) in [5.74, 6) is 0. The van der Waals surface area contributed by atoms with Crippen LogP contribution in [-0.4, -0.2) is 12.0 Å². The van der Waals surface area contributed by atoms with Crippen molar-refractivity contribution in [2.45, 2.75) is 6.61 Å². The maximum atomic E-state index is 10.6. The number of hydrogen-bond acceptors (Lipinski definition) is 2. The Morgan fingerprint density at radius 2 is 2.00 bits per heavy atom. The SMILES string of the molecule is COCc1ccc([PH](=O)O)cc1. The topological polar surface area (TPSA) is 46.5 Å². The minimum atomic E-state index is -2.53. The van der Waals surface area contributed by atoms with Crippen molar-refractivity contribution in [1.29, 1.82) is 0 Å². The minimum Gasteiger partial charge on any atom is -0.380 e. The average molecular weight is 186 g/mol. The van der Waals surface area contributed by atoms with Crippen LogP contribution in [0.5, 0.6) is 0 Å². The molecule has 1 N–H and O–H groups in total. The molecular formula is C8H11O3P. The molecule has 3 nitrogen and oxygen atoms in total. The fourth-order valence-electron chi connectivity index (χ4n) is 0.910. The van der Waals surface area contributed by atoms with E-state index in [1.807, 2.05) is 0 Å². The summed E-state index contributed by atoms with van der Waals surface area (Å²) >= 11 is 0. The van der Waals surface area contributed by atoms with Gasteiger partial charge in [-0.15, -0.1) is 0 Å². The standard InChI is InChI=1S/C8H11O3P/c1-11-6-7-2-4-8(5-3-7)12(9)10/h2-5,12H,6H2,1H3,(H,9,10). The number of benzene rings is 1. The summed E-state index contributed by atoms with van der Waals surface area (Å²) in [5.41, 5.74) is 1.00. The molecule has 1 unspecified atom stereocenters. The highest BCUT2D eigenvalue weighted by atomic mass is 31.1. The molecule has 66 valence electrons. The Kier molecular flexibility index (Phi) is 3.48. The van der Waals surface area contributed by atoms with Crippen LogP contribution in [0, 0.1) is 0 Å². The summed E-state index contributed by atoms with van der Waals surface area (Å²) in [6.07, 6.45) is 0. The van der Waals surface area contributed by atoms with Crippen molar-refractivity contribution in [3.63, 3.8) is 0 Å². The van der Waals surface area contributed by atoms with E-state index in [0.717, 1.165) is 5.56 Å². The summed E-state index contributed by atoms with van der Waals surface area (Å²) in [5, 5.41) is 0.486. The molecule has 4 heteroatoms. The second kappa shape index (κ2) is 4.41. The molecule has 1 aromatic rings. The summed E-state index contributed by atoms with van der Waals surface area (Å²) in [7, 11) is -0.920. The van der Waals surface area contributed by atoms with Gasteiger partial charge in [0.05, 0.1) is 6.61 Å². The first-order valence-electron chi connectivity index (χ1n) is 3.55. The van der Waals surface area contributed by atoms with Crippen molar-refractivity contribution in [1.82, 2.24) is 0 Å². The molecule has 0 spiro atoms. The monoisotopic (exact) mass is 186 g/mol. The van der Waals surface area contributed by atoms with E-state index in [-0.39, 0.29) is 0 Å². The molecule has 0 saturated carbocycles. The summed E-state index contributed by atoms with van der Waals surface area (Å²) in [4.78, 5) is 8.76. The number of methoxy groups -OCH3 is 1. The van der Waals surface area contributed by atoms with Gasteiger partial charge in [-0.3, -0.25) is 4.57 Å². The summed E-state index contributed by atoms with van der Waals surface area (Å²) < 4.78 is 15.5. The zero-order valence-electron chi connectivity index (χ0n) is 6.78. The van der Waals surface area contributed by atoms with Crippen LogP contribution in [0.1, 0.15) is 5.56 Å². The van der Waals surface area contributed by atoms with Gasteiger partial charge in [0.2, 0.25) is 8.03 Å². The molecule has 0 aromatic heterocycles. The second-order valence-electron chi connectivity index (χ2n) is 2.44. The van der Waals surface area contributed by atoms with Crippen molar-refractivity contribution in [3.05, 3.63) is 29.8 Å². The van der Waals surface area contributed by atoms with Gasteiger partial charge in [0.15, 0.2) is 0 Å². The Balaban J connectivity index is 2.78. The molecule has 0 radical (unpaired) electrons. The average Bonchev–Trinajstić information content (AvgIpc) is 2.06. The van der Waals surface area contributed by atoms with E-state index in [2.05, 4.69) is 0 Å². The second-order valence-corrected chi connectivity index (χ2v) is 3.62.